The number of anilines is 6. The van der Waals surface area contributed by atoms with E-state index >= 15 is 0 Å². The third-order valence-electron chi connectivity index (χ3n) is 6.88. The molecule has 0 saturated carbocycles. The monoisotopic (exact) mass is 725 g/mol. The van der Waals surface area contributed by atoms with Crippen LogP contribution in [0.5, 0.6) is 0 Å². The normalized spacial score (nSPS) is 11.6. The summed E-state index contributed by atoms with van der Waals surface area (Å²) in [6.45, 7) is 0. The van der Waals surface area contributed by atoms with Gasteiger partial charge in [0.15, 0.2) is 0 Å². The molecule has 6 rings (SSSR count). The second-order valence-corrected chi connectivity index (χ2v) is 14.6. The van der Waals surface area contributed by atoms with E-state index in [9.17, 15) is 29.8 Å². The van der Waals surface area contributed by atoms with Crippen molar-refractivity contribution in [3.63, 3.8) is 0 Å². The van der Waals surface area contributed by atoms with Gasteiger partial charge in [0, 0.05) is 55.7 Å². The number of nitrogen functional groups attached to an aromatic ring is 4. The van der Waals surface area contributed by atoms with E-state index in [1.165, 1.54) is 48.5 Å². The summed E-state index contributed by atoms with van der Waals surface area (Å²) in [7, 11) is -12.7. The molecule has 0 saturated heterocycles. The molecule has 0 amide bonds. The van der Waals surface area contributed by atoms with Crippen LogP contribution in [-0.4, -0.2) is 38.9 Å². The molecule has 14 nitrogen and oxygen atoms in total. The number of rotatable bonds is 5. The second kappa shape index (κ2) is 14.4. The standard InChI is InChI=1S/C16H14N2O3S.C10H10N2O3S.C6H7NO3S/c17-13-9-10-14(18-11-5-2-1-3-6-11)16-12(13)7-4-8-15(16)22(19,20)21;11-9-3-4-10(12)8-5-6(16(13,14)15)1-2-7(8)9;7-5-2-1-3-6(4-5)11(8,9)10/h1-10,18H,17H2,(H,19,20,21);1-5H,11-12H2,(H,13,14,15);1-4H,7H2,(H,8,9,10). The molecule has 0 unspecified atom stereocenters. The first-order valence-corrected chi connectivity index (χ1v) is 18.2. The molecule has 256 valence electrons. The highest BCUT2D eigenvalue weighted by molar-refractivity contribution is 7.86. The lowest BCUT2D eigenvalue weighted by atomic mass is 10.1. The van der Waals surface area contributed by atoms with Gasteiger partial charge >= 0.3 is 0 Å². The smallest absolute Gasteiger partial charge is 0.295 e. The van der Waals surface area contributed by atoms with Gasteiger partial charge in [-0.05, 0) is 72.8 Å². The third-order valence-corrected chi connectivity index (χ3v) is 9.47. The first-order chi connectivity index (χ1) is 22.9. The molecule has 17 heteroatoms. The predicted octanol–water partition coefficient (Wildman–Crippen LogP) is 5.18. The van der Waals surface area contributed by atoms with Crippen LogP contribution in [0.3, 0.4) is 0 Å². The Kier molecular flexibility index (Phi) is 10.7. The van der Waals surface area contributed by atoms with E-state index in [0.29, 0.717) is 50.0 Å². The van der Waals surface area contributed by atoms with Crippen molar-refractivity contribution in [1.29, 1.82) is 0 Å². The highest BCUT2D eigenvalue weighted by atomic mass is 32.2. The molecule has 0 spiro atoms. The molecule has 0 bridgehead atoms. The van der Waals surface area contributed by atoms with E-state index in [2.05, 4.69) is 5.32 Å². The Labute approximate surface area is 282 Å². The largest absolute Gasteiger partial charge is 0.399 e. The minimum absolute atomic E-state index is 0.171. The Hall–Kier alpha value is -5.43. The van der Waals surface area contributed by atoms with Gasteiger partial charge in [0.2, 0.25) is 0 Å². The van der Waals surface area contributed by atoms with Gasteiger partial charge in [0.25, 0.3) is 30.4 Å². The Bertz CT molecular complexity index is 2500. The summed E-state index contributed by atoms with van der Waals surface area (Å²) in [5, 5.41) is 5.26. The average molecular weight is 726 g/mol. The number of benzene rings is 6. The van der Waals surface area contributed by atoms with Gasteiger partial charge in [-0.25, -0.2) is 0 Å². The Balaban J connectivity index is 0.000000176. The van der Waals surface area contributed by atoms with E-state index in [4.69, 9.17) is 32.0 Å². The van der Waals surface area contributed by atoms with Crippen LogP contribution in [0, 0.1) is 0 Å². The molecule has 0 heterocycles. The van der Waals surface area contributed by atoms with E-state index in [0.717, 1.165) is 5.69 Å². The van der Waals surface area contributed by atoms with Crippen molar-refractivity contribution in [2.45, 2.75) is 14.7 Å². The molecular formula is C32H31N5O9S3. The summed E-state index contributed by atoms with van der Waals surface area (Å²) in [6.07, 6.45) is 0. The summed E-state index contributed by atoms with van der Waals surface area (Å²) in [5.74, 6) is 0. The van der Waals surface area contributed by atoms with Crippen LogP contribution in [-0.2, 0) is 30.4 Å². The van der Waals surface area contributed by atoms with Crippen LogP contribution in [0.2, 0.25) is 0 Å². The molecule has 6 aromatic carbocycles. The molecule has 0 radical (unpaired) electrons. The molecule has 0 aliphatic carbocycles. The van der Waals surface area contributed by atoms with Crippen molar-refractivity contribution in [3.8, 4) is 0 Å². The maximum atomic E-state index is 11.6. The number of para-hydroxylation sites is 1. The fourth-order valence-electron chi connectivity index (χ4n) is 4.60. The maximum absolute atomic E-state index is 11.6. The van der Waals surface area contributed by atoms with E-state index in [1.807, 2.05) is 30.3 Å². The average Bonchev–Trinajstić information content (AvgIpc) is 3.04. The number of hydrogen-bond acceptors (Lipinski definition) is 11. The van der Waals surface area contributed by atoms with Gasteiger partial charge in [-0.3, -0.25) is 13.7 Å². The Morgan fingerprint density at radius 2 is 1.02 bits per heavy atom. The van der Waals surface area contributed by atoms with Crippen molar-refractivity contribution in [1.82, 2.24) is 0 Å². The Morgan fingerprint density at radius 1 is 0.469 bits per heavy atom. The summed E-state index contributed by atoms with van der Waals surface area (Å²) in [4.78, 5) is -0.550. The van der Waals surface area contributed by atoms with Crippen molar-refractivity contribution < 1.29 is 38.9 Å². The highest BCUT2D eigenvalue weighted by Gasteiger charge is 2.18. The number of fused-ring (bicyclic) bond motifs is 2. The molecule has 0 aromatic heterocycles. The molecule has 0 aliphatic rings. The highest BCUT2D eigenvalue weighted by Crippen LogP contribution is 2.35. The second-order valence-electron chi connectivity index (χ2n) is 10.3. The maximum Gasteiger partial charge on any atom is 0.295 e. The van der Waals surface area contributed by atoms with Crippen LogP contribution in [0.1, 0.15) is 0 Å². The molecule has 49 heavy (non-hydrogen) atoms. The van der Waals surface area contributed by atoms with Gasteiger partial charge in [0.05, 0.1) is 9.79 Å². The topological polar surface area (TPSA) is 279 Å². The molecular weight excluding hydrogens is 695 g/mol. The van der Waals surface area contributed by atoms with Crippen LogP contribution in [0.4, 0.5) is 34.1 Å². The van der Waals surface area contributed by atoms with Gasteiger partial charge in [-0.15, -0.1) is 0 Å². The summed E-state index contributed by atoms with van der Waals surface area (Å²) >= 11 is 0. The molecule has 0 atom stereocenters. The zero-order valence-electron chi connectivity index (χ0n) is 25.3. The fourth-order valence-corrected chi connectivity index (χ4v) is 6.37. The first-order valence-electron chi connectivity index (χ1n) is 13.9. The van der Waals surface area contributed by atoms with Crippen molar-refractivity contribution in [3.05, 3.63) is 115 Å². The first kappa shape index (κ1) is 36.4. The van der Waals surface area contributed by atoms with Crippen LogP contribution >= 0.6 is 0 Å². The van der Waals surface area contributed by atoms with Crippen molar-refractivity contribution in [2.75, 3.05) is 28.3 Å². The van der Waals surface area contributed by atoms with Crippen molar-refractivity contribution in [2.24, 2.45) is 0 Å². The van der Waals surface area contributed by atoms with E-state index < -0.39 is 30.4 Å². The van der Waals surface area contributed by atoms with Crippen LogP contribution < -0.4 is 28.3 Å². The zero-order valence-corrected chi connectivity index (χ0v) is 27.7. The molecule has 12 N–H and O–H groups in total. The summed E-state index contributed by atoms with van der Waals surface area (Å²) in [5.41, 5.74) is 25.7. The van der Waals surface area contributed by atoms with Gasteiger partial charge in [-0.1, -0.05) is 42.5 Å². The number of hydrogen-bond donors (Lipinski definition) is 8. The van der Waals surface area contributed by atoms with Crippen LogP contribution in [0.25, 0.3) is 21.5 Å². The lowest BCUT2D eigenvalue weighted by molar-refractivity contribution is 0.481. The Morgan fingerprint density at radius 3 is 1.59 bits per heavy atom. The summed E-state index contributed by atoms with van der Waals surface area (Å²) < 4.78 is 93.1. The molecule has 0 aliphatic heterocycles. The van der Waals surface area contributed by atoms with Gasteiger partial charge in [0.1, 0.15) is 4.90 Å². The minimum Gasteiger partial charge on any atom is -0.399 e. The van der Waals surface area contributed by atoms with Crippen LogP contribution in [0.15, 0.2) is 130 Å². The molecule has 0 fully saturated rings. The van der Waals surface area contributed by atoms with E-state index in [-0.39, 0.29) is 14.7 Å². The molecule has 6 aromatic rings. The third kappa shape index (κ3) is 9.14. The fraction of sp³-hybridized carbons (Fsp3) is 0. The summed E-state index contributed by atoms with van der Waals surface area (Å²) in [6, 6.07) is 30.1. The SMILES string of the molecule is Nc1ccc(N)c2cc(S(=O)(=O)O)ccc12.Nc1ccc(Nc2ccccc2)c2c(S(=O)(=O)O)cccc12.Nc1cccc(S(=O)(=O)O)c1. The predicted molar refractivity (Wildman–Crippen MR) is 191 cm³/mol. The quantitative estimate of drug-likeness (QED) is 0.0840. The lowest BCUT2D eigenvalue weighted by Crippen LogP contribution is -2.02. The van der Waals surface area contributed by atoms with Gasteiger partial charge in [-0.2, -0.15) is 25.3 Å². The number of nitrogens with one attached hydrogen (secondary N) is 1. The van der Waals surface area contributed by atoms with Crippen molar-refractivity contribution >= 4 is 86.0 Å². The minimum atomic E-state index is -4.36. The van der Waals surface area contributed by atoms with Gasteiger partial charge < -0.3 is 28.3 Å². The van der Waals surface area contributed by atoms with E-state index in [1.54, 1.807) is 36.4 Å². The number of nitrogens with two attached hydrogens (primary N) is 4. The zero-order chi connectivity index (χ0) is 36.1. The lowest BCUT2D eigenvalue weighted by Gasteiger charge is -2.13.